The Labute approximate surface area is 123 Å². The highest BCUT2D eigenvalue weighted by atomic mass is 32.1. The number of hydrogen-bond acceptors (Lipinski definition) is 6. The summed E-state index contributed by atoms with van der Waals surface area (Å²) in [6, 6.07) is 1.98. The van der Waals surface area contributed by atoms with Gasteiger partial charge in [-0.15, -0.1) is 11.3 Å². The molecule has 5 nitrogen and oxygen atoms in total. The molecule has 0 fully saturated rings. The fourth-order valence-electron chi connectivity index (χ4n) is 1.90. The first-order valence-corrected chi connectivity index (χ1v) is 7.38. The number of aryl methyl sites for hydroxylation is 2. The Hall–Kier alpha value is -1.53. The van der Waals surface area contributed by atoms with Crippen LogP contribution in [0.1, 0.15) is 35.2 Å². The van der Waals surface area contributed by atoms with Crippen molar-refractivity contribution in [1.82, 2.24) is 15.0 Å². The summed E-state index contributed by atoms with van der Waals surface area (Å²) in [6.07, 6.45) is 0.0441. The molecule has 0 bridgehead atoms. The number of anilines is 1. The molecule has 20 heavy (non-hydrogen) atoms. The second kappa shape index (κ2) is 6.28. The van der Waals surface area contributed by atoms with E-state index in [-0.39, 0.29) is 6.10 Å². The summed E-state index contributed by atoms with van der Waals surface area (Å²) in [5.41, 5.74) is 2.01. The van der Waals surface area contributed by atoms with Crippen LogP contribution in [0.15, 0.2) is 11.4 Å². The standard InChI is InChI=1S/C14H20N4OS/c1-9-6-13(16-11(3)15-9)18(4)7-12-8-20-14(17-12)10(2)19-5/h6,8,10H,7H2,1-5H3. The summed E-state index contributed by atoms with van der Waals surface area (Å²) in [6.45, 7) is 6.62. The molecule has 0 radical (unpaired) electrons. The number of nitrogens with zero attached hydrogens (tertiary/aromatic N) is 4. The Morgan fingerprint density at radius 1 is 1.30 bits per heavy atom. The third-order valence-electron chi connectivity index (χ3n) is 3.01. The van der Waals surface area contributed by atoms with Gasteiger partial charge < -0.3 is 9.64 Å². The molecule has 6 heteroatoms. The topological polar surface area (TPSA) is 51.1 Å². The summed E-state index contributed by atoms with van der Waals surface area (Å²) in [4.78, 5) is 15.4. The van der Waals surface area contributed by atoms with Gasteiger partial charge in [-0.2, -0.15) is 0 Å². The quantitative estimate of drug-likeness (QED) is 0.848. The zero-order chi connectivity index (χ0) is 14.7. The third-order valence-corrected chi connectivity index (χ3v) is 4.07. The highest BCUT2D eigenvalue weighted by molar-refractivity contribution is 7.09. The Balaban J connectivity index is 2.11. The maximum absolute atomic E-state index is 5.28. The van der Waals surface area contributed by atoms with Gasteiger partial charge in [0.15, 0.2) is 0 Å². The van der Waals surface area contributed by atoms with Crippen molar-refractivity contribution in [2.24, 2.45) is 0 Å². The molecule has 0 saturated heterocycles. The third kappa shape index (κ3) is 3.52. The number of thiazole rings is 1. The van der Waals surface area contributed by atoms with E-state index < -0.39 is 0 Å². The molecule has 0 spiro atoms. The minimum absolute atomic E-state index is 0.0441. The van der Waals surface area contributed by atoms with E-state index in [0.29, 0.717) is 0 Å². The van der Waals surface area contributed by atoms with E-state index in [2.05, 4.69) is 25.2 Å². The van der Waals surface area contributed by atoms with E-state index in [1.807, 2.05) is 33.9 Å². The summed E-state index contributed by atoms with van der Waals surface area (Å²) in [5, 5.41) is 3.08. The monoisotopic (exact) mass is 292 g/mol. The van der Waals surface area contributed by atoms with E-state index >= 15 is 0 Å². The highest BCUT2D eigenvalue weighted by Gasteiger charge is 2.12. The van der Waals surface area contributed by atoms with E-state index in [0.717, 1.165) is 34.6 Å². The van der Waals surface area contributed by atoms with Gasteiger partial charge in [0.05, 0.1) is 12.2 Å². The van der Waals surface area contributed by atoms with Crippen LogP contribution < -0.4 is 4.90 Å². The van der Waals surface area contributed by atoms with Gasteiger partial charge in [0.2, 0.25) is 0 Å². The lowest BCUT2D eigenvalue weighted by Gasteiger charge is -2.17. The van der Waals surface area contributed by atoms with Crippen LogP contribution >= 0.6 is 11.3 Å². The van der Waals surface area contributed by atoms with E-state index in [9.17, 15) is 0 Å². The Morgan fingerprint density at radius 2 is 2.05 bits per heavy atom. The number of ether oxygens (including phenoxy) is 1. The first kappa shape index (κ1) is 14.9. The molecular weight excluding hydrogens is 272 g/mol. The van der Waals surface area contributed by atoms with Gasteiger partial charge in [-0.3, -0.25) is 0 Å². The first-order valence-electron chi connectivity index (χ1n) is 6.50. The van der Waals surface area contributed by atoms with Crippen molar-refractivity contribution in [3.05, 3.63) is 33.7 Å². The zero-order valence-corrected chi connectivity index (χ0v) is 13.4. The van der Waals surface area contributed by atoms with Gasteiger partial charge in [-0.1, -0.05) is 0 Å². The molecule has 0 aliphatic heterocycles. The Morgan fingerprint density at radius 3 is 2.70 bits per heavy atom. The highest BCUT2D eigenvalue weighted by Crippen LogP contribution is 2.22. The maximum Gasteiger partial charge on any atom is 0.132 e. The molecule has 108 valence electrons. The predicted molar refractivity (Wildman–Crippen MR) is 81.2 cm³/mol. The molecule has 2 aromatic heterocycles. The average molecular weight is 292 g/mol. The second-order valence-electron chi connectivity index (χ2n) is 4.83. The van der Waals surface area contributed by atoms with Crippen LogP contribution in [0.3, 0.4) is 0 Å². The van der Waals surface area contributed by atoms with Crippen molar-refractivity contribution in [1.29, 1.82) is 0 Å². The molecule has 2 heterocycles. The molecule has 0 amide bonds. The number of hydrogen-bond donors (Lipinski definition) is 0. The molecule has 0 aliphatic rings. The first-order chi connectivity index (χ1) is 9.49. The minimum Gasteiger partial charge on any atom is -0.375 e. The summed E-state index contributed by atoms with van der Waals surface area (Å²) in [7, 11) is 3.71. The van der Waals surface area contributed by atoms with Crippen molar-refractivity contribution in [3.8, 4) is 0 Å². The summed E-state index contributed by atoms with van der Waals surface area (Å²) in [5.74, 6) is 1.71. The van der Waals surface area contributed by atoms with Gasteiger partial charge in [-0.25, -0.2) is 15.0 Å². The molecule has 0 aromatic carbocycles. The van der Waals surface area contributed by atoms with Crippen molar-refractivity contribution in [3.63, 3.8) is 0 Å². The van der Waals surface area contributed by atoms with Crippen LogP contribution in [0.2, 0.25) is 0 Å². The smallest absolute Gasteiger partial charge is 0.132 e. The molecular formula is C14H20N4OS. The van der Waals surface area contributed by atoms with E-state index in [1.165, 1.54) is 0 Å². The van der Waals surface area contributed by atoms with Crippen molar-refractivity contribution >= 4 is 17.2 Å². The number of rotatable bonds is 5. The lowest BCUT2D eigenvalue weighted by molar-refractivity contribution is 0.119. The van der Waals surface area contributed by atoms with Gasteiger partial charge in [0, 0.05) is 31.3 Å². The van der Waals surface area contributed by atoms with Crippen LogP contribution in [0.25, 0.3) is 0 Å². The molecule has 0 aliphatic carbocycles. The molecule has 1 atom stereocenters. The minimum atomic E-state index is 0.0441. The lowest BCUT2D eigenvalue weighted by Crippen LogP contribution is -2.19. The van der Waals surface area contributed by atoms with Crippen LogP contribution in [0.5, 0.6) is 0 Å². The molecule has 2 rings (SSSR count). The van der Waals surface area contributed by atoms with E-state index in [1.54, 1.807) is 18.4 Å². The molecule has 0 N–H and O–H groups in total. The number of methoxy groups -OCH3 is 1. The molecule has 0 saturated carbocycles. The average Bonchev–Trinajstić information content (AvgIpc) is 2.85. The van der Waals surface area contributed by atoms with E-state index in [4.69, 9.17) is 4.74 Å². The van der Waals surface area contributed by atoms with Crippen LogP contribution in [-0.4, -0.2) is 29.1 Å². The maximum atomic E-state index is 5.28. The Bertz CT molecular complexity index is 564. The van der Waals surface area contributed by atoms with Crippen molar-refractivity contribution < 1.29 is 4.74 Å². The van der Waals surface area contributed by atoms with Gasteiger partial charge in [0.25, 0.3) is 0 Å². The van der Waals surface area contributed by atoms with Gasteiger partial charge in [0.1, 0.15) is 22.8 Å². The second-order valence-corrected chi connectivity index (χ2v) is 5.72. The van der Waals surface area contributed by atoms with Crippen molar-refractivity contribution in [2.75, 3.05) is 19.1 Å². The normalized spacial score (nSPS) is 12.4. The lowest BCUT2D eigenvalue weighted by atomic mass is 10.3. The predicted octanol–water partition coefficient (Wildman–Crippen LogP) is 2.89. The summed E-state index contributed by atoms with van der Waals surface area (Å²) < 4.78 is 5.28. The fraction of sp³-hybridized carbons (Fsp3) is 0.500. The molecule has 1 unspecified atom stereocenters. The fourth-order valence-corrected chi connectivity index (χ4v) is 2.74. The zero-order valence-electron chi connectivity index (χ0n) is 12.5. The number of aromatic nitrogens is 3. The molecule has 2 aromatic rings. The SMILES string of the molecule is COC(C)c1nc(CN(C)c2cc(C)nc(C)n2)cs1. The largest absolute Gasteiger partial charge is 0.375 e. The summed E-state index contributed by atoms with van der Waals surface area (Å²) >= 11 is 1.63. The van der Waals surface area contributed by atoms with Crippen molar-refractivity contribution in [2.45, 2.75) is 33.4 Å². The van der Waals surface area contributed by atoms with Crippen LogP contribution in [0, 0.1) is 13.8 Å². The Kier molecular flexibility index (Phi) is 4.67. The van der Waals surface area contributed by atoms with Crippen LogP contribution in [0.4, 0.5) is 5.82 Å². The van der Waals surface area contributed by atoms with Crippen LogP contribution in [-0.2, 0) is 11.3 Å². The van der Waals surface area contributed by atoms with Gasteiger partial charge >= 0.3 is 0 Å². The van der Waals surface area contributed by atoms with Gasteiger partial charge in [-0.05, 0) is 20.8 Å².